The summed E-state index contributed by atoms with van der Waals surface area (Å²) >= 11 is 0. The standard InChI is InChI=1S/C14H19FN2O2/c15-12-4-3-11(9-13(12)16)17-14(18)6-8-19-7-5-10-1-2-10/h3-4,9-10H,1-2,5-8,16H2,(H,17,18). The molecule has 1 aliphatic carbocycles. The molecule has 0 unspecified atom stereocenters. The quantitative estimate of drug-likeness (QED) is 0.589. The molecule has 104 valence electrons. The minimum absolute atomic E-state index is 0.0264. The number of halogens is 1. The van der Waals surface area contributed by atoms with Crippen molar-refractivity contribution in [2.45, 2.75) is 25.7 Å². The molecule has 0 atom stereocenters. The van der Waals surface area contributed by atoms with Crippen LogP contribution in [0.15, 0.2) is 18.2 Å². The van der Waals surface area contributed by atoms with E-state index in [0.29, 0.717) is 18.7 Å². The number of amides is 1. The van der Waals surface area contributed by atoms with Crippen LogP contribution in [0.3, 0.4) is 0 Å². The van der Waals surface area contributed by atoms with Crippen LogP contribution in [0.4, 0.5) is 15.8 Å². The molecule has 0 radical (unpaired) electrons. The fraction of sp³-hybridized carbons (Fsp3) is 0.500. The highest BCUT2D eigenvalue weighted by molar-refractivity contribution is 5.91. The van der Waals surface area contributed by atoms with Crippen LogP contribution in [0.1, 0.15) is 25.7 Å². The minimum Gasteiger partial charge on any atom is -0.396 e. The topological polar surface area (TPSA) is 64.3 Å². The van der Waals surface area contributed by atoms with Crippen molar-refractivity contribution in [3.8, 4) is 0 Å². The molecular weight excluding hydrogens is 247 g/mol. The lowest BCUT2D eigenvalue weighted by Crippen LogP contribution is -2.14. The molecule has 2 rings (SSSR count). The van der Waals surface area contributed by atoms with Gasteiger partial charge < -0.3 is 15.8 Å². The Morgan fingerprint density at radius 2 is 2.21 bits per heavy atom. The van der Waals surface area contributed by atoms with Crippen LogP contribution >= 0.6 is 0 Å². The number of anilines is 2. The van der Waals surface area contributed by atoms with Crippen LogP contribution in [0.25, 0.3) is 0 Å². The molecule has 3 N–H and O–H groups in total. The van der Waals surface area contributed by atoms with Gasteiger partial charge in [-0.15, -0.1) is 0 Å². The van der Waals surface area contributed by atoms with Crippen LogP contribution in [-0.2, 0) is 9.53 Å². The second-order valence-corrected chi connectivity index (χ2v) is 4.88. The summed E-state index contributed by atoms with van der Waals surface area (Å²) in [6, 6.07) is 4.12. The van der Waals surface area contributed by atoms with Crippen molar-refractivity contribution in [2.75, 3.05) is 24.3 Å². The lowest BCUT2D eigenvalue weighted by molar-refractivity contribution is -0.117. The third kappa shape index (κ3) is 4.87. The van der Waals surface area contributed by atoms with Crippen molar-refractivity contribution < 1.29 is 13.9 Å². The van der Waals surface area contributed by atoms with Gasteiger partial charge in [0.15, 0.2) is 0 Å². The predicted octanol–water partition coefficient (Wildman–Crippen LogP) is 2.55. The number of nitrogen functional groups attached to an aromatic ring is 1. The molecule has 0 saturated heterocycles. The van der Waals surface area contributed by atoms with E-state index in [-0.39, 0.29) is 11.6 Å². The van der Waals surface area contributed by atoms with Crippen LogP contribution < -0.4 is 11.1 Å². The highest BCUT2D eigenvalue weighted by atomic mass is 19.1. The van der Waals surface area contributed by atoms with Crippen molar-refractivity contribution in [3.05, 3.63) is 24.0 Å². The number of carbonyl (C=O) groups is 1. The van der Waals surface area contributed by atoms with Crippen molar-refractivity contribution >= 4 is 17.3 Å². The maximum Gasteiger partial charge on any atom is 0.226 e. The Bertz CT molecular complexity index is 447. The first kappa shape index (κ1) is 13.8. The summed E-state index contributed by atoms with van der Waals surface area (Å²) < 4.78 is 18.3. The monoisotopic (exact) mass is 266 g/mol. The number of nitrogens with one attached hydrogen (secondary N) is 1. The Balaban J connectivity index is 1.63. The van der Waals surface area contributed by atoms with Gasteiger partial charge in [0.05, 0.1) is 18.7 Å². The molecule has 0 aliphatic heterocycles. The van der Waals surface area contributed by atoms with Gasteiger partial charge in [-0.3, -0.25) is 4.79 Å². The Kier molecular flexibility index (Phi) is 4.74. The first-order valence-corrected chi connectivity index (χ1v) is 6.58. The third-order valence-electron chi connectivity index (χ3n) is 3.12. The third-order valence-corrected chi connectivity index (χ3v) is 3.12. The van der Waals surface area contributed by atoms with E-state index >= 15 is 0 Å². The zero-order chi connectivity index (χ0) is 13.7. The lowest BCUT2D eigenvalue weighted by atomic mass is 10.2. The second kappa shape index (κ2) is 6.52. The van der Waals surface area contributed by atoms with Crippen LogP contribution in [0.5, 0.6) is 0 Å². The van der Waals surface area contributed by atoms with Gasteiger partial charge in [0.25, 0.3) is 0 Å². The molecule has 19 heavy (non-hydrogen) atoms. The van der Waals surface area contributed by atoms with E-state index in [0.717, 1.165) is 18.9 Å². The molecule has 0 aromatic heterocycles. The van der Waals surface area contributed by atoms with Gasteiger partial charge >= 0.3 is 0 Å². The van der Waals surface area contributed by atoms with Crippen molar-refractivity contribution in [1.29, 1.82) is 0 Å². The maximum absolute atomic E-state index is 12.9. The number of rotatable bonds is 7. The lowest BCUT2D eigenvalue weighted by Gasteiger charge is -2.07. The molecule has 0 bridgehead atoms. The molecule has 1 fully saturated rings. The van der Waals surface area contributed by atoms with Gasteiger partial charge in [-0.1, -0.05) is 12.8 Å². The Morgan fingerprint density at radius 1 is 1.42 bits per heavy atom. The average Bonchev–Trinajstić information content (AvgIpc) is 3.17. The highest BCUT2D eigenvalue weighted by Gasteiger charge is 2.20. The van der Waals surface area contributed by atoms with Crippen LogP contribution in [0.2, 0.25) is 0 Å². The maximum atomic E-state index is 12.9. The van der Waals surface area contributed by atoms with Gasteiger partial charge in [-0.25, -0.2) is 4.39 Å². The first-order chi connectivity index (χ1) is 9.15. The smallest absolute Gasteiger partial charge is 0.226 e. The van der Waals surface area contributed by atoms with Gasteiger partial charge in [0.2, 0.25) is 5.91 Å². The summed E-state index contributed by atoms with van der Waals surface area (Å²) in [4.78, 5) is 11.6. The summed E-state index contributed by atoms with van der Waals surface area (Å²) in [5.74, 6) is 0.204. The summed E-state index contributed by atoms with van der Waals surface area (Å²) in [5.41, 5.74) is 5.95. The Hall–Kier alpha value is -1.62. The number of benzene rings is 1. The SMILES string of the molecule is Nc1cc(NC(=O)CCOCCC2CC2)ccc1F. The summed E-state index contributed by atoms with van der Waals surface area (Å²) in [7, 11) is 0. The molecule has 4 nitrogen and oxygen atoms in total. The van der Waals surface area contributed by atoms with Gasteiger partial charge in [0, 0.05) is 12.3 Å². The van der Waals surface area contributed by atoms with Gasteiger partial charge in [-0.05, 0) is 30.5 Å². The van der Waals surface area contributed by atoms with Crippen molar-refractivity contribution in [2.24, 2.45) is 5.92 Å². The minimum atomic E-state index is -0.485. The van der Waals surface area contributed by atoms with E-state index in [4.69, 9.17) is 10.5 Å². The summed E-state index contributed by atoms with van der Waals surface area (Å²) in [5, 5.41) is 2.66. The number of hydrogen-bond acceptors (Lipinski definition) is 3. The molecule has 0 spiro atoms. The van der Waals surface area contributed by atoms with E-state index in [9.17, 15) is 9.18 Å². The summed E-state index contributed by atoms with van der Waals surface area (Å²) in [6.07, 6.45) is 4.02. The molecule has 1 aliphatic rings. The number of carbonyl (C=O) groups excluding carboxylic acids is 1. The van der Waals surface area contributed by atoms with E-state index in [1.54, 1.807) is 0 Å². The largest absolute Gasteiger partial charge is 0.396 e. The molecule has 1 aromatic carbocycles. The number of nitrogens with two attached hydrogens (primary N) is 1. The molecule has 5 heteroatoms. The number of hydrogen-bond donors (Lipinski definition) is 2. The van der Waals surface area contributed by atoms with E-state index in [2.05, 4.69) is 5.32 Å². The highest BCUT2D eigenvalue weighted by Crippen LogP contribution is 2.32. The second-order valence-electron chi connectivity index (χ2n) is 4.88. The van der Waals surface area contributed by atoms with Crippen LogP contribution in [0, 0.1) is 11.7 Å². The predicted molar refractivity (Wildman–Crippen MR) is 72.2 cm³/mol. The van der Waals surface area contributed by atoms with Crippen LogP contribution in [-0.4, -0.2) is 19.1 Å². The molecular formula is C14H19FN2O2. The summed E-state index contributed by atoms with van der Waals surface area (Å²) in [6.45, 7) is 1.14. The molecule has 1 amide bonds. The molecule has 1 saturated carbocycles. The Labute approximate surface area is 112 Å². The normalized spacial score (nSPS) is 14.4. The fourth-order valence-electron chi connectivity index (χ4n) is 1.77. The molecule has 1 aromatic rings. The average molecular weight is 266 g/mol. The van der Waals surface area contributed by atoms with E-state index in [1.807, 2.05) is 0 Å². The zero-order valence-electron chi connectivity index (χ0n) is 10.8. The first-order valence-electron chi connectivity index (χ1n) is 6.58. The van der Waals surface area contributed by atoms with E-state index < -0.39 is 5.82 Å². The number of ether oxygens (including phenoxy) is 1. The molecule has 0 heterocycles. The Morgan fingerprint density at radius 3 is 2.89 bits per heavy atom. The zero-order valence-corrected chi connectivity index (χ0v) is 10.8. The van der Waals surface area contributed by atoms with Gasteiger partial charge in [0.1, 0.15) is 5.82 Å². The van der Waals surface area contributed by atoms with Crippen molar-refractivity contribution in [1.82, 2.24) is 0 Å². The van der Waals surface area contributed by atoms with E-state index in [1.165, 1.54) is 31.0 Å². The van der Waals surface area contributed by atoms with Gasteiger partial charge in [-0.2, -0.15) is 0 Å². The fourth-order valence-corrected chi connectivity index (χ4v) is 1.77. The van der Waals surface area contributed by atoms with Crippen molar-refractivity contribution in [3.63, 3.8) is 0 Å².